The van der Waals surface area contributed by atoms with E-state index in [2.05, 4.69) is 32.6 Å². The van der Waals surface area contributed by atoms with Gasteiger partial charge in [0.15, 0.2) is 0 Å². The highest BCUT2D eigenvalue weighted by Gasteiger charge is 2.08. The van der Waals surface area contributed by atoms with Crippen molar-refractivity contribution in [3.63, 3.8) is 0 Å². The molecule has 0 heteroatoms. The van der Waals surface area contributed by atoms with E-state index < -0.39 is 0 Å². The molecule has 2 radical (unpaired) electrons. The maximum absolute atomic E-state index is 3.95. The average molecular weight is 389 g/mol. The minimum Gasteiger partial charge on any atom is -0.103 e. The summed E-state index contributed by atoms with van der Waals surface area (Å²) in [4.78, 5) is 0. The van der Waals surface area contributed by atoms with E-state index in [-0.39, 0.29) is 0 Å². The molecule has 0 aromatic carbocycles. The molecule has 0 fully saturated rings. The lowest BCUT2D eigenvalue weighted by atomic mass is 9.90. The van der Waals surface area contributed by atoms with Gasteiger partial charge in [-0.2, -0.15) is 0 Å². The van der Waals surface area contributed by atoms with E-state index in [0.717, 1.165) is 18.8 Å². The van der Waals surface area contributed by atoms with Gasteiger partial charge < -0.3 is 0 Å². The minimum absolute atomic E-state index is 1.01. The van der Waals surface area contributed by atoms with Gasteiger partial charge in [0.1, 0.15) is 0 Å². The maximum atomic E-state index is 3.95. The van der Waals surface area contributed by atoms with E-state index in [1.54, 1.807) is 0 Å². The van der Waals surface area contributed by atoms with Gasteiger partial charge in [-0.25, -0.2) is 0 Å². The Labute approximate surface area is 180 Å². The van der Waals surface area contributed by atoms with Crippen LogP contribution in [0.2, 0.25) is 0 Å². The molecule has 0 saturated carbocycles. The van der Waals surface area contributed by atoms with E-state index in [1.807, 2.05) is 0 Å². The van der Waals surface area contributed by atoms with E-state index in [0.29, 0.717) is 0 Å². The highest BCUT2D eigenvalue weighted by atomic mass is 14.1. The third kappa shape index (κ3) is 21.9. The summed E-state index contributed by atoms with van der Waals surface area (Å²) in [7, 11) is 0. The van der Waals surface area contributed by atoms with Gasteiger partial charge in [-0.1, -0.05) is 142 Å². The third-order valence-electron chi connectivity index (χ3n) is 6.12. The molecule has 28 heavy (non-hydrogen) atoms. The molecule has 0 spiro atoms. The molecule has 0 aliphatic carbocycles. The number of rotatable bonds is 22. The quantitative estimate of drug-likeness (QED) is 0.128. The van der Waals surface area contributed by atoms with Gasteiger partial charge in [0.25, 0.3) is 0 Å². The smallest absolute Gasteiger partial charge is 0.0198 e. The van der Waals surface area contributed by atoms with Crippen LogP contribution in [-0.4, -0.2) is 0 Å². The molecule has 0 heterocycles. The van der Waals surface area contributed by atoms with Crippen molar-refractivity contribution in [3.05, 3.63) is 13.8 Å². The minimum atomic E-state index is 1.01. The Hall–Kier alpha value is -0.440. The SMILES string of the molecule is [CH2]C#CCCCCCCCCCCCCC(CCCC)CCCCCCC[CH2]. The van der Waals surface area contributed by atoms with Gasteiger partial charge in [0, 0.05) is 13.3 Å². The van der Waals surface area contributed by atoms with Crippen molar-refractivity contribution in [2.75, 3.05) is 0 Å². The summed E-state index contributed by atoms with van der Waals surface area (Å²) in [5.74, 6) is 6.81. The first-order chi connectivity index (χ1) is 13.8. The molecule has 0 aliphatic rings. The van der Waals surface area contributed by atoms with Crippen molar-refractivity contribution in [1.29, 1.82) is 0 Å². The summed E-state index contributed by atoms with van der Waals surface area (Å²) in [6.45, 7) is 9.84. The molecule has 1 unspecified atom stereocenters. The second kappa shape index (κ2) is 24.6. The summed E-state index contributed by atoms with van der Waals surface area (Å²) >= 11 is 0. The topological polar surface area (TPSA) is 0 Å². The van der Waals surface area contributed by atoms with Crippen molar-refractivity contribution in [3.8, 4) is 11.8 Å². The zero-order valence-corrected chi connectivity index (χ0v) is 19.5. The summed E-state index contributed by atoms with van der Waals surface area (Å²) < 4.78 is 0. The van der Waals surface area contributed by atoms with Crippen LogP contribution in [-0.2, 0) is 0 Å². The zero-order chi connectivity index (χ0) is 20.5. The molecule has 0 aromatic heterocycles. The highest BCUT2D eigenvalue weighted by molar-refractivity contribution is 5.00. The first-order valence-electron chi connectivity index (χ1n) is 12.9. The average Bonchev–Trinajstić information content (AvgIpc) is 2.71. The standard InChI is InChI=1S/C28H52/c1-4-7-10-12-14-15-16-17-18-19-20-22-24-27-28(25-9-6-3)26-23-21-13-11-8-5-2/h28H,1-2,5-6,8-27H2,3H3. The lowest BCUT2D eigenvalue weighted by molar-refractivity contribution is 0.370. The van der Waals surface area contributed by atoms with Crippen LogP contribution in [0, 0.1) is 31.6 Å². The monoisotopic (exact) mass is 388 g/mol. The number of unbranched alkanes of at least 4 members (excludes halogenated alkanes) is 16. The van der Waals surface area contributed by atoms with Crippen molar-refractivity contribution in [2.24, 2.45) is 5.92 Å². The molecule has 1 atom stereocenters. The predicted octanol–water partition coefficient (Wildman–Crippen LogP) is 9.88. The lowest BCUT2D eigenvalue weighted by Gasteiger charge is -2.16. The van der Waals surface area contributed by atoms with Crippen molar-refractivity contribution in [2.45, 2.75) is 148 Å². The normalized spacial score (nSPS) is 12.0. The van der Waals surface area contributed by atoms with Crippen LogP contribution in [0.25, 0.3) is 0 Å². The Balaban J connectivity index is 3.48. The van der Waals surface area contributed by atoms with Gasteiger partial charge in [0.2, 0.25) is 0 Å². The zero-order valence-electron chi connectivity index (χ0n) is 19.5. The fourth-order valence-electron chi connectivity index (χ4n) is 4.21. The van der Waals surface area contributed by atoms with Crippen LogP contribution in [0.4, 0.5) is 0 Å². The molecule has 0 rings (SSSR count). The van der Waals surface area contributed by atoms with E-state index in [9.17, 15) is 0 Å². The van der Waals surface area contributed by atoms with Gasteiger partial charge in [-0.15, -0.1) is 11.8 Å². The van der Waals surface area contributed by atoms with Gasteiger partial charge >= 0.3 is 0 Å². The lowest BCUT2D eigenvalue weighted by Crippen LogP contribution is -2.01. The summed E-state index contributed by atoms with van der Waals surface area (Å²) in [5, 5.41) is 0. The van der Waals surface area contributed by atoms with Gasteiger partial charge in [-0.3, -0.25) is 0 Å². The fourth-order valence-corrected chi connectivity index (χ4v) is 4.21. The van der Waals surface area contributed by atoms with Gasteiger partial charge in [0.05, 0.1) is 0 Å². The largest absolute Gasteiger partial charge is 0.103 e. The van der Waals surface area contributed by atoms with E-state index >= 15 is 0 Å². The van der Waals surface area contributed by atoms with Crippen molar-refractivity contribution >= 4 is 0 Å². The van der Waals surface area contributed by atoms with Crippen LogP contribution in [0.3, 0.4) is 0 Å². The molecule has 0 bridgehead atoms. The van der Waals surface area contributed by atoms with Crippen molar-refractivity contribution < 1.29 is 0 Å². The first-order valence-corrected chi connectivity index (χ1v) is 12.9. The molecular weight excluding hydrogens is 336 g/mol. The molecule has 0 N–H and O–H groups in total. The number of hydrogen-bond donors (Lipinski definition) is 0. The Bertz CT molecular complexity index is 332. The second-order valence-corrected chi connectivity index (χ2v) is 8.85. The maximum Gasteiger partial charge on any atom is 0.0198 e. The Kier molecular flexibility index (Phi) is 24.2. The Morgan fingerprint density at radius 1 is 0.571 bits per heavy atom. The summed E-state index contributed by atoms with van der Waals surface area (Å²) in [6.07, 6.45) is 30.7. The van der Waals surface area contributed by atoms with E-state index in [4.69, 9.17) is 0 Å². The van der Waals surface area contributed by atoms with Crippen LogP contribution in [0.1, 0.15) is 148 Å². The van der Waals surface area contributed by atoms with Crippen LogP contribution >= 0.6 is 0 Å². The van der Waals surface area contributed by atoms with Crippen LogP contribution in [0.5, 0.6) is 0 Å². The molecule has 164 valence electrons. The Morgan fingerprint density at radius 3 is 1.46 bits per heavy atom. The second-order valence-electron chi connectivity index (χ2n) is 8.85. The molecular formula is C28H52. The molecule has 0 saturated heterocycles. The first kappa shape index (κ1) is 27.6. The number of hydrogen-bond acceptors (Lipinski definition) is 0. The van der Waals surface area contributed by atoms with Crippen LogP contribution in [0.15, 0.2) is 0 Å². The van der Waals surface area contributed by atoms with E-state index in [1.165, 1.54) is 128 Å². The summed E-state index contributed by atoms with van der Waals surface area (Å²) in [5.41, 5.74) is 0. The molecule has 0 amide bonds. The highest BCUT2D eigenvalue weighted by Crippen LogP contribution is 2.24. The Morgan fingerprint density at radius 2 is 1.00 bits per heavy atom. The fraction of sp³-hybridized carbons (Fsp3) is 0.857. The molecule has 0 aliphatic heterocycles. The molecule has 0 nitrogen and oxygen atoms in total. The predicted molar refractivity (Wildman–Crippen MR) is 129 cm³/mol. The third-order valence-corrected chi connectivity index (χ3v) is 6.12. The van der Waals surface area contributed by atoms with Gasteiger partial charge in [-0.05, 0) is 12.3 Å². The molecule has 0 aromatic rings. The van der Waals surface area contributed by atoms with Crippen LogP contribution < -0.4 is 0 Å². The van der Waals surface area contributed by atoms with Crippen molar-refractivity contribution in [1.82, 2.24) is 0 Å². The summed E-state index contributed by atoms with van der Waals surface area (Å²) in [6, 6.07) is 0.